The van der Waals surface area contributed by atoms with E-state index in [1.807, 2.05) is 36.4 Å². The van der Waals surface area contributed by atoms with Crippen LogP contribution in [0, 0.1) is 0 Å². The lowest BCUT2D eigenvalue weighted by molar-refractivity contribution is 0.264. The normalized spacial score (nSPS) is 12.2. The van der Waals surface area contributed by atoms with Gasteiger partial charge in [-0.25, -0.2) is 0 Å². The molecule has 0 aromatic heterocycles. The quantitative estimate of drug-likeness (QED) is 0.795. The lowest BCUT2D eigenvalue weighted by atomic mass is 9.93. The zero-order valence-electron chi connectivity index (χ0n) is 12.5. The molecule has 126 valence electrons. The fourth-order valence-corrected chi connectivity index (χ4v) is 2.57. The zero-order chi connectivity index (χ0) is 17.5. The first-order valence-electron chi connectivity index (χ1n) is 6.73. The molecule has 0 heterocycles. The first kappa shape index (κ1) is 19.9. The van der Waals surface area contributed by atoms with E-state index in [2.05, 4.69) is 0 Å². The summed E-state index contributed by atoms with van der Waals surface area (Å²) in [7, 11) is -3.67. The standard InChI is InChI=1S/C15H14Cl2O.CH4O3S/c16-13-6-7-14(15(17)9-13)12(10-18)8-11-4-2-1-3-5-11;1-5(2,3)4/h1-7,9,12,18H,8,10H2;1H3,(H,2,3,4). The van der Waals surface area contributed by atoms with E-state index in [4.69, 9.17) is 27.8 Å². The van der Waals surface area contributed by atoms with Crippen LogP contribution in [0.5, 0.6) is 0 Å². The van der Waals surface area contributed by atoms with Crippen molar-refractivity contribution in [2.45, 2.75) is 12.3 Å². The Balaban J connectivity index is 0.000000463. The van der Waals surface area contributed by atoms with Crippen LogP contribution in [0.25, 0.3) is 0 Å². The number of halogens is 2. The van der Waals surface area contributed by atoms with Gasteiger partial charge < -0.3 is 5.11 Å². The minimum atomic E-state index is -3.67. The number of aliphatic hydroxyl groups is 1. The number of aliphatic hydroxyl groups excluding tert-OH is 1. The lowest BCUT2D eigenvalue weighted by Crippen LogP contribution is -2.08. The average Bonchev–Trinajstić information content (AvgIpc) is 2.45. The van der Waals surface area contributed by atoms with Crippen molar-refractivity contribution in [1.82, 2.24) is 0 Å². The highest BCUT2D eigenvalue weighted by atomic mass is 35.5. The van der Waals surface area contributed by atoms with Crippen LogP contribution >= 0.6 is 23.2 Å². The van der Waals surface area contributed by atoms with Crippen LogP contribution < -0.4 is 0 Å². The second-order valence-corrected chi connectivity index (χ2v) is 7.28. The summed E-state index contributed by atoms with van der Waals surface area (Å²) in [6, 6.07) is 15.5. The Morgan fingerprint density at radius 3 is 2.13 bits per heavy atom. The van der Waals surface area contributed by atoms with Gasteiger partial charge in [0, 0.05) is 16.0 Å². The van der Waals surface area contributed by atoms with Crippen LogP contribution in [0.15, 0.2) is 48.5 Å². The molecule has 1 atom stereocenters. The van der Waals surface area contributed by atoms with Crippen molar-refractivity contribution in [2.75, 3.05) is 12.9 Å². The van der Waals surface area contributed by atoms with Crippen molar-refractivity contribution in [1.29, 1.82) is 0 Å². The second-order valence-electron chi connectivity index (χ2n) is 4.97. The van der Waals surface area contributed by atoms with Crippen LogP contribution in [-0.4, -0.2) is 30.9 Å². The molecule has 0 amide bonds. The average molecular weight is 377 g/mol. The molecule has 2 aromatic rings. The van der Waals surface area contributed by atoms with Gasteiger partial charge in [-0.1, -0.05) is 59.6 Å². The molecule has 2 rings (SSSR count). The summed E-state index contributed by atoms with van der Waals surface area (Å²) in [6.07, 6.45) is 1.48. The van der Waals surface area contributed by atoms with Crippen LogP contribution in [-0.2, 0) is 16.5 Å². The van der Waals surface area contributed by atoms with Gasteiger partial charge in [-0.2, -0.15) is 8.42 Å². The van der Waals surface area contributed by atoms with Gasteiger partial charge in [0.15, 0.2) is 0 Å². The van der Waals surface area contributed by atoms with Gasteiger partial charge in [-0.05, 0) is 29.7 Å². The summed E-state index contributed by atoms with van der Waals surface area (Å²) >= 11 is 12.1. The molecule has 7 heteroatoms. The maximum atomic E-state index is 9.54. The predicted octanol–water partition coefficient (Wildman–Crippen LogP) is 3.82. The largest absolute Gasteiger partial charge is 0.396 e. The Kier molecular flexibility index (Phi) is 8.02. The fourth-order valence-electron chi connectivity index (χ4n) is 2.00. The summed E-state index contributed by atoms with van der Waals surface area (Å²) in [4.78, 5) is 0. The first-order chi connectivity index (χ1) is 10.7. The molecule has 0 radical (unpaired) electrons. The van der Waals surface area contributed by atoms with Crippen LogP contribution in [0.2, 0.25) is 10.0 Å². The van der Waals surface area contributed by atoms with Gasteiger partial charge in [0.1, 0.15) is 0 Å². The molecule has 2 aromatic carbocycles. The Hall–Kier alpha value is -1.11. The summed E-state index contributed by atoms with van der Waals surface area (Å²) in [5, 5.41) is 10.8. The van der Waals surface area contributed by atoms with Crippen LogP contribution in [0.4, 0.5) is 0 Å². The minimum Gasteiger partial charge on any atom is -0.396 e. The first-order valence-corrected chi connectivity index (χ1v) is 9.33. The molecule has 0 bridgehead atoms. The smallest absolute Gasteiger partial charge is 0.261 e. The van der Waals surface area contributed by atoms with Gasteiger partial charge in [0.25, 0.3) is 10.1 Å². The van der Waals surface area contributed by atoms with E-state index >= 15 is 0 Å². The SMILES string of the molecule is CS(=O)(=O)O.OCC(Cc1ccccc1)c1ccc(Cl)cc1Cl. The summed E-state index contributed by atoms with van der Waals surface area (Å²) in [5.41, 5.74) is 2.12. The van der Waals surface area contributed by atoms with Crippen molar-refractivity contribution < 1.29 is 18.1 Å². The molecular formula is C16H18Cl2O4S. The molecule has 23 heavy (non-hydrogen) atoms. The van der Waals surface area contributed by atoms with Crippen molar-refractivity contribution in [3.05, 3.63) is 69.7 Å². The minimum absolute atomic E-state index is 0.00262. The maximum Gasteiger partial charge on any atom is 0.261 e. The van der Waals surface area contributed by atoms with E-state index in [0.717, 1.165) is 12.0 Å². The number of hydrogen-bond acceptors (Lipinski definition) is 3. The van der Waals surface area contributed by atoms with E-state index in [1.165, 1.54) is 5.56 Å². The Morgan fingerprint density at radius 1 is 1.09 bits per heavy atom. The third-order valence-electron chi connectivity index (χ3n) is 2.95. The fraction of sp³-hybridized carbons (Fsp3) is 0.250. The summed E-state index contributed by atoms with van der Waals surface area (Å²) in [6.45, 7) is 0.0657. The molecule has 0 aliphatic rings. The highest BCUT2D eigenvalue weighted by Gasteiger charge is 2.14. The molecule has 0 spiro atoms. The molecular weight excluding hydrogens is 359 g/mol. The number of rotatable bonds is 4. The third-order valence-corrected chi connectivity index (χ3v) is 3.51. The van der Waals surface area contributed by atoms with Crippen molar-refractivity contribution in [3.63, 3.8) is 0 Å². The summed E-state index contributed by atoms with van der Waals surface area (Å²) in [5.74, 6) is -0.00262. The molecule has 0 saturated carbocycles. The highest BCUT2D eigenvalue weighted by molar-refractivity contribution is 7.85. The predicted molar refractivity (Wildman–Crippen MR) is 93.9 cm³/mol. The number of hydrogen-bond donors (Lipinski definition) is 2. The number of benzene rings is 2. The van der Waals surface area contributed by atoms with E-state index in [1.54, 1.807) is 12.1 Å². The van der Waals surface area contributed by atoms with E-state index < -0.39 is 10.1 Å². The van der Waals surface area contributed by atoms with E-state index in [9.17, 15) is 13.5 Å². The molecule has 0 aliphatic heterocycles. The Labute approximate surface area is 146 Å². The van der Waals surface area contributed by atoms with Gasteiger partial charge in [0.2, 0.25) is 0 Å². The molecule has 2 N–H and O–H groups in total. The molecule has 0 fully saturated rings. The molecule has 4 nitrogen and oxygen atoms in total. The van der Waals surface area contributed by atoms with Crippen molar-refractivity contribution >= 4 is 33.3 Å². The molecule has 0 saturated heterocycles. The van der Waals surface area contributed by atoms with Gasteiger partial charge >= 0.3 is 0 Å². The maximum absolute atomic E-state index is 9.54. The van der Waals surface area contributed by atoms with Crippen LogP contribution in [0.1, 0.15) is 17.0 Å². The van der Waals surface area contributed by atoms with Gasteiger partial charge in [-0.3, -0.25) is 4.55 Å². The monoisotopic (exact) mass is 376 g/mol. The second kappa shape index (κ2) is 9.25. The van der Waals surface area contributed by atoms with Crippen molar-refractivity contribution in [2.24, 2.45) is 0 Å². The zero-order valence-corrected chi connectivity index (χ0v) is 14.8. The highest BCUT2D eigenvalue weighted by Crippen LogP contribution is 2.29. The van der Waals surface area contributed by atoms with Gasteiger partial charge in [-0.15, -0.1) is 0 Å². The third kappa shape index (κ3) is 8.34. The topological polar surface area (TPSA) is 74.6 Å². The Bertz CT molecular complexity index is 710. The van der Waals surface area contributed by atoms with E-state index in [-0.39, 0.29) is 12.5 Å². The van der Waals surface area contributed by atoms with Crippen molar-refractivity contribution in [3.8, 4) is 0 Å². The van der Waals surface area contributed by atoms with Crippen LogP contribution in [0.3, 0.4) is 0 Å². The molecule has 0 aliphatic carbocycles. The summed E-state index contributed by atoms with van der Waals surface area (Å²) < 4.78 is 25.9. The lowest BCUT2D eigenvalue weighted by Gasteiger charge is -2.16. The van der Waals surface area contributed by atoms with E-state index in [0.29, 0.717) is 16.3 Å². The molecule has 1 unspecified atom stereocenters. The Morgan fingerprint density at radius 2 is 1.65 bits per heavy atom. The van der Waals surface area contributed by atoms with Gasteiger partial charge in [0.05, 0.1) is 12.9 Å².